The van der Waals surface area contributed by atoms with Crippen molar-refractivity contribution in [3.05, 3.63) is 23.5 Å². The number of hydrogen-bond donors (Lipinski definition) is 1. The highest BCUT2D eigenvalue weighted by Crippen LogP contribution is 2.34. The van der Waals surface area contributed by atoms with Crippen LogP contribution >= 0.6 is 11.5 Å². The van der Waals surface area contributed by atoms with Crippen LogP contribution in [0.4, 0.5) is 5.13 Å². The molecule has 31 heavy (non-hydrogen) atoms. The van der Waals surface area contributed by atoms with Gasteiger partial charge in [-0.2, -0.15) is 4.37 Å². The first-order valence-corrected chi connectivity index (χ1v) is 11.3. The number of ether oxygens (including phenoxy) is 3. The first-order chi connectivity index (χ1) is 15.1. The van der Waals surface area contributed by atoms with Gasteiger partial charge in [0.25, 0.3) is 0 Å². The number of aliphatic imine (C=N–C) groups is 1. The van der Waals surface area contributed by atoms with Crippen LogP contribution in [0.1, 0.15) is 25.2 Å². The Morgan fingerprint density at radius 1 is 1.06 bits per heavy atom. The molecule has 0 radical (unpaired) electrons. The molecule has 1 fully saturated rings. The van der Waals surface area contributed by atoms with Gasteiger partial charge in [0.1, 0.15) is 23.1 Å². The molecule has 10 heteroatoms. The van der Waals surface area contributed by atoms with E-state index >= 15 is 0 Å². The molecule has 170 valence electrons. The monoisotopic (exact) mass is 448 g/mol. The molecule has 2 heterocycles. The van der Waals surface area contributed by atoms with Crippen molar-refractivity contribution < 1.29 is 14.2 Å². The Hall–Kier alpha value is -2.75. The van der Waals surface area contributed by atoms with Gasteiger partial charge in [-0.1, -0.05) is 6.92 Å². The maximum atomic E-state index is 5.56. The molecular formula is C21H32N6O3S. The van der Waals surface area contributed by atoms with Crippen LogP contribution in [-0.2, 0) is 13.0 Å². The molecule has 1 saturated heterocycles. The van der Waals surface area contributed by atoms with Gasteiger partial charge in [-0.3, -0.25) is 0 Å². The van der Waals surface area contributed by atoms with Gasteiger partial charge in [0, 0.05) is 62.8 Å². The molecular weight excluding hydrogens is 416 g/mol. The molecule has 0 atom stereocenters. The minimum atomic E-state index is 0.440. The van der Waals surface area contributed by atoms with Crippen LogP contribution in [0.15, 0.2) is 17.1 Å². The van der Waals surface area contributed by atoms with E-state index in [-0.39, 0.29) is 0 Å². The lowest BCUT2D eigenvalue weighted by molar-refractivity contribution is 0.365. The summed E-state index contributed by atoms with van der Waals surface area (Å²) in [4.78, 5) is 14.1. The zero-order valence-electron chi connectivity index (χ0n) is 19.0. The average molecular weight is 449 g/mol. The van der Waals surface area contributed by atoms with Crippen molar-refractivity contribution >= 4 is 22.6 Å². The van der Waals surface area contributed by atoms with Crippen molar-refractivity contribution in [2.45, 2.75) is 26.8 Å². The summed E-state index contributed by atoms with van der Waals surface area (Å²) < 4.78 is 20.9. The SMILES string of the molecule is CCNC(=NCc1c(OC)cc(OC)cc1OC)N1CCN(c2nc(CC)ns2)CC1. The fourth-order valence-electron chi connectivity index (χ4n) is 3.44. The predicted molar refractivity (Wildman–Crippen MR) is 124 cm³/mol. The van der Waals surface area contributed by atoms with Gasteiger partial charge in [-0.05, 0) is 6.92 Å². The Balaban J connectivity index is 1.72. The number of anilines is 1. The quantitative estimate of drug-likeness (QED) is 0.487. The lowest BCUT2D eigenvalue weighted by Crippen LogP contribution is -2.52. The van der Waals surface area contributed by atoms with Gasteiger partial charge < -0.3 is 29.3 Å². The van der Waals surface area contributed by atoms with Crippen LogP contribution in [0, 0.1) is 0 Å². The van der Waals surface area contributed by atoms with Crippen molar-refractivity contribution in [3.8, 4) is 17.2 Å². The minimum Gasteiger partial charge on any atom is -0.496 e. The van der Waals surface area contributed by atoms with Gasteiger partial charge in [0.2, 0.25) is 5.13 Å². The normalized spacial score (nSPS) is 14.5. The second kappa shape index (κ2) is 11.0. The highest BCUT2D eigenvalue weighted by Gasteiger charge is 2.22. The van der Waals surface area contributed by atoms with E-state index in [4.69, 9.17) is 19.2 Å². The number of nitrogens with zero attached hydrogens (tertiary/aromatic N) is 5. The van der Waals surface area contributed by atoms with Crippen LogP contribution in [0.25, 0.3) is 0 Å². The van der Waals surface area contributed by atoms with Gasteiger partial charge in [-0.15, -0.1) is 0 Å². The molecule has 0 saturated carbocycles. The predicted octanol–water partition coefficient (Wildman–Crippen LogP) is 2.41. The summed E-state index contributed by atoms with van der Waals surface area (Å²) in [5.74, 6) is 3.88. The van der Waals surface area contributed by atoms with Gasteiger partial charge in [-0.25, -0.2) is 9.98 Å². The highest BCUT2D eigenvalue weighted by atomic mass is 32.1. The lowest BCUT2D eigenvalue weighted by atomic mass is 10.1. The second-order valence-corrected chi connectivity index (χ2v) is 7.73. The van der Waals surface area contributed by atoms with Crippen molar-refractivity contribution in [2.24, 2.45) is 4.99 Å². The standard InChI is InChI=1S/C21H32N6O3S/c1-6-19-24-21(31-25-19)27-10-8-26(9-11-27)20(22-7-2)23-14-16-17(29-4)12-15(28-3)13-18(16)30-5/h12-13H,6-11,14H2,1-5H3,(H,22,23). The highest BCUT2D eigenvalue weighted by molar-refractivity contribution is 7.09. The van der Waals surface area contributed by atoms with Crippen molar-refractivity contribution in [1.82, 2.24) is 19.6 Å². The molecule has 0 spiro atoms. The molecule has 2 aromatic rings. The molecule has 1 N–H and O–H groups in total. The van der Waals surface area contributed by atoms with Gasteiger partial charge >= 0.3 is 0 Å². The Bertz CT molecular complexity index is 855. The number of benzene rings is 1. The van der Waals surface area contributed by atoms with Crippen molar-refractivity contribution in [1.29, 1.82) is 0 Å². The summed E-state index contributed by atoms with van der Waals surface area (Å²) in [5, 5.41) is 4.42. The van der Waals surface area contributed by atoms with Gasteiger partial charge in [0.15, 0.2) is 5.96 Å². The summed E-state index contributed by atoms with van der Waals surface area (Å²) in [6.07, 6.45) is 0.867. The molecule has 9 nitrogen and oxygen atoms in total. The van der Waals surface area contributed by atoms with E-state index in [2.05, 4.69) is 38.3 Å². The van der Waals surface area contributed by atoms with Gasteiger partial charge in [0.05, 0.1) is 33.4 Å². The third-order valence-corrected chi connectivity index (χ3v) is 5.98. The third kappa shape index (κ3) is 5.49. The number of rotatable bonds is 8. The molecule has 1 aromatic carbocycles. The van der Waals surface area contributed by atoms with Crippen LogP contribution in [0.2, 0.25) is 0 Å². The third-order valence-electron chi connectivity index (χ3n) is 5.16. The molecule has 0 aliphatic carbocycles. The number of methoxy groups -OCH3 is 3. The molecule has 3 rings (SSSR count). The Labute approximate surface area is 188 Å². The Morgan fingerprint density at radius 3 is 2.26 bits per heavy atom. The molecule has 0 unspecified atom stereocenters. The summed E-state index contributed by atoms with van der Waals surface area (Å²) in [5.41, 5.74) is 0.890. The summed E-state index contributed by atoms with van der Waals surface area (Å²) in [6.45, 7) is 8.90. The van der Waals surface area contributed by atoms with Crippen LogP contribution in [-0.4, -0.2) is 74.3 Å². The minimum absolute atomic E-state index is 0.440. The average Bonchev–Trinajstić information content (AvgIpc) is 3.30. The summed E-state index contributed by atoms with van der Waals surface area (Å²) in [7, 11) is 4.91. The van der Waals surface area contributed by atoms with Crippen molar-refractivity contribution in [2.75, 3.05) is 59.0 Å². The van der Waals surface area contributed by atoms with Crippen LogP contribution in [0.5, 0.6) is 17.2 Å². The first-order valence-electron chi connectivity index (χ1n) is 10.5. The maximum absolute atomic E-state index is 5.56. The van der Waals surface area contributed by atoms with Crippen molar-refractivity contribution in [3.63, 3.8) is 0 Å². The fourth-order valence-corrected chi connectivity index (χ4v) is 4.24. The van der Waals surface area contributed by atoms with E-state index in [1.807, 2.05) is 12.1 Å². The molecule has 1 aromatic heterocycles. The number of hydrogen-bond acceptors (Lipinski definition) is 8. The van der Waals surface area contributed by atoms with Crippen LogP contribution < -0.4 is 24.4 Å². The number of aryl methyl sites for hydroxylation is 1. The summed E-state index contributed by atoms with van der Waals surface area (Å²) in [6, 6.07) is 3.71. The fraction of sp³-hybridized carbons (Fsp3) is 0.571. The smallest absolute Gasteiger partial charge is 0.205 e. The lowest BCUT2D eigenvalue weighted by Gasteiger charge is -2.36. The molecule has 0 bridgehead atoms. The van der Waals surface area contributed by atoms with E-state index in [9.17, 15) is 0 Å². The topological polar surface area (TPSA) is 84.3 Å². The number of guanidine groups is 1. The largest absolute Gasteiger partial charge is 0.496 e. The Morgan fingerprint density at radius 2 is 1.74 bits per heavy atom. The van der Waals surface area contributed by atoms with E-state index in [1.165, 1.54) is 11.5 Å². The van der Waals surface area contributed by atoms with E-state index < -0.39 is 0 Å². The zero-order valence-corrected chi connectivity index (χ0v) is 19.8. The first kappa shape index (κ1) is 22.9. The summed E-state index contributed by atoms with van der Waals surface area (Å²) >= 11 is 1.48. The molecule has 1 aliphatic heterocycles. The molecule has 1 aliphatic rings. The maximum Gasteiger partial charge on any atom is 0.205 e. The Kier molecular flexibility index (Phi) is 8.16. The van der Waals surface area contributed by atoms with E-state index in [0.717, 1.165) is 61.6 Å². The molecule has 0 amide bonds. The van der Waals surface area contributed by atoms with E-state index in [1.54, 1.807) is 21.3 Å². The number of piperazine rings is 1. The zero-order chi connectivity index (χ0) is 22.2. The number of aromatic nitrogens is 2. The van der Waals surface area contributed by atoms with Crippen LogP contribution in [0.3, 0.4) is 0 Å². The van der Waals surface area contributed by atoms with E-state index in [0.29, 0.717) is 23.8 Å². The number of nitrogens with one attached hydrogen (secondary N) is 1. The second-order valence-electron chi connectivity index (χ2n) is 7.00.